The van der Waals surface area contributed by atoms with E-state index in [1.165, 1.54) is 43.5 Å². The molecule has 10 nitrogen and oxygen atoms in total. The third-order valence-corrected chi connectivity index (χ3v) is 20.5. The van der Waals surface area contributed by atoms with Crippen molar-refractivity contribution in [3.63, 3.8) is 0 Å². The van der Waals surface area contributed by atoms with E-state index in [4.69, 9.17) is 96.4 Å². The number of benzene rings is 10. The largest absolute Gasteiger partial charge is 0.489 e. The van der Waals surface area contributed by atoms with Crippen LogP contribution in [0.5, 0.6) is 28.7 Å². The third-order valence-electron chi connectivity index (χ3n) is 17.2. The predicted octanol–water partition coefficient (Wildman–Crippen LogP) is 28.0. The van der Waals surface area contributed by atoms with Gasteiger partial charge in [0.05, 0.1) is 24.9 Å². The van der Waals surface area contributed by atoms with E-state index < -0.39 is 0 Å². The quantitative estimate of drug-likeness (QED) is 0.0262. The molecule has 0 aromatic heterocycles. The van der Waals surface area contributed by atoms with Crippen molar-refractivity contribution >= 4 is 171 Å². The molecule has 0 spiro atoms. The molecule has 0 saturated heterocycles. The summed E-state index contributed by atoms with van der Waals surface area (Å²) < 4.78 is 45.5. The predicted molar refractivity (Wildman–Crippen MR) is 501 cm³/mol. The standard InChI is InChI=1S/C20H23NOS.C18H20BrNOS.C18H20ClNOS.C18H20FNOS.C18H20INOS/c1-5-16-8-9-18(21-20(23)6-2)17(12-16)13-22-19-10-7-14(3)11-15(19)4;4*1-4-18(22)20-16-7-6-15(19)10-14(16)11-21-17-8-5-12(2)9-13(17)3/h5,7-12H,1,6,13H2,2-4H3,(H,21,23);4*5-10H,4,11H2,1-3H3,(H,20,22). The van der Waals surface area contributed by atoms with Crippen LogP contribution in [0.1, 0.15) is 156 Å². The van der Waals surface area contributed by atoms with Crippen LogP contribution in [0.25, 0.3) is 6.08 Å². The molecule has 10 rings (SSSR count). The Morgan fingerprint density at radius 1 is 0.360 bits per heavy atom. The smallest absolute Gasteiger partial charge is 0.123 e. The first-order chi connectivity index (χ1) is 53.0. The van der Waals surface area contributed by atoms with E-state index >= 15 is 0 Å². The summed E-state index contributed by atoms with van der Waals surface area (Å²) in [5.74, 6) is 4.15. The first-order valence-corrected chi connectivity index (χ1v) is 41.2. The monoisotopic (exact) mass is 1780 g/mol. The van der Waals surface area contributed by atoms with Gasteiger partial charge in [-0.15, -0.1) is 0 Å². The van der Waals surface area contributed by atoms with Crippen molar-refractivity contribution in [1.29, 1.82) is 0 Å². The second-order valence-electron chi connectivity index (χ2n) is 26.6. The summed E-state index contributed by atoms with van der Waals surface area (Å²) in [7, 11) is 0. The first-order valence-electron chi connectivity index (χ1n) is 36.9. The Kier molecular flexibility index (Phi) is 39.1. The summed E-state index contributed by atoms with van der Waals surface area (Å²) in [5.41, 5.74) is 22.6. The minimum Gasteiger partial charge on any atom is -0.489 e. The Hall–Kier alpha value is -8.18. The minimum absolute atomic E-state index is 0.285. The molecule has 0 amide bonds. The average molecular weight is 1780 g/mol. The molecular weight excluding hydrogens is 1680 g/mol. The van der Waals surface area contributed by atoms with Gasteiger partial charge in [-0.2, -0.15) is 0 Å². The molecule has 0 heterocycles. The molecule has 10 aromatic rings. The van der Waals surface area contributed by atoms with Gasteiger partial charge in [-0.1, -0.05) is 230 Å². The number of aryl methyl sites for hydroxylation is 10. The van der Waals surface area contributed by atoms with Crippen LogP contribution in [0.3, 0.4) is 0 Å². The maximum atomic E-state index is 13.5. The van der Waals surface area contributed by atoms with Crippen LogP contribution in [0.15, 0.2) is 193 Å². The Labute approximate surface area is 713 Å². The van der Waals surface area contributed by atoms with E-state index in [1.54, 1.807) is 6.07 Å². The van der Waals surface area contributed by atoms with Crippen molar-refractivity contribution in [2.45, 2.75) is 169 Å². The van der Waals surface area contributed by atoms with Gasteiger partial charge in [-0.25, -0.2) is 4.39 Å². The maximum absolute atomic E-state index is 13.5. The van der Waals surface area contributed by atoms with Gasteiger partial charge in [0.15, 0.2) is 0 Å². The highest BCUT2D eigenvalue weighted by Crippen LogP contribution is 2.31. The fourth-order valence-corrected chi connectivity index (χ4v) is 12.7. The van der Waals surface area contributed by atoms with Crippen LogP contribution in [-0.4, -0.2) is 24.9 Å². The van der Waals surface area contributed by atoms with Gasteiger partial charge < -0.3 is 50.3 Å². The SMILES string of the molecule is C=Cc1ccc(NC(=S)CC)c(COc2ccc(C)cc2C)c1.CCC(=S)Nc1ccc(Br)cc1COc1ccc(C)cc1C.CCC(=S)Nc1ccc(Cl)cc1COc1ccc(C)cc1C.CCC(=S)Nc1ccc(F)cc1COc1ccc(C)cc1C.CCC(=S)Nc1ccc(I)cc1COc1ccc(C)cc1C. The molecule has 0 unspecified atom stereocenters. The molecule has 19 heteroatoms. The van der Waals surface area contributed by atoms with Gasteiger partial charge in [-0.05, 0) is 273 Å². The third kappa shape index (κ3) is 31.7. The molecule has 5 N–H and O–H groups in total. The Balaban J connectivity index is 0.000000216. The van der Waals surface area contributed by atoms with Crippen molar-refractivity contribution in [3.05, 3.63) is 296 Å². The molecular formula is C92H103BrClFIN5O5S5. The number of hydrogen-bond acceptors (Lipinski definition) is 10. The van der Waals surface area contributed by atoms with E-state index in [1.807, 2.05) is 146 Å². The van der Waals surface area contributed by atoms with E-state index in [0.717, 1.165) is 180 Å². The number of anilines is 5. The zero-order chi connectivity index (χ0) is 81.3. The average Bonchev–Trinajstić information content (AvgIpc) is 0.863. The number of rotatable bonds is 26. The van der Waals surface area contributed by atoms with Gasteiger partial charge >= 0.3 is 0 Å². The van der Waals surface area contributed by atoms with E-state index in [9.17, 15) is 4.39 Å². The van der Waals surface area contributed by atoms with Crippen molar-refractivity contribution in [2.75, 3.05) is 26.6 Å². The summed E-state index contributed by atoms with van der Waals surface area (Å²) in [6.07, 6.45) is 5.85. The Morgan fingerprint density at radius 2 is 0.631 bits per heavy atom. The van der Waals surface area contributed by atoms with Crippen LogP contribution in [0, 0.1) is 78.6 Å². The van der Waals surface area contributed by atoms with Crippen LogP contribution >= 0.6 is 111 Å². The number of halogens is 4. The zero-order valence-corrected chi connectivity index (χ0v) is 74.9. The zero-order valence-electron chi connectivity index (χ0n) is 66.3. The fourth-order valence-electron chi connectivity index (χ4n) is 11.0. The second-order valence-corrected chi connectivity index (χ2v) is 31.7. The summed E-state index contributed by atoms with van der Waals surface area (Å²) in [6.45, 7) is 36.8. The van der Waals surface area contributed by atoms with Crippen LogP contribution in [0.2, 0.25) is 5.02 Å². The molecule has 0 radical (unpaired) electrons. The van der Waals surface area contributed by atoms with Gasteiger partial charge in [0.1, 0.15) is 67.6 Å². The maximum Gasteiger partial charge on any atom is 0.123 e. The summed E-state index contributed by atoms with van der Waals surface area (Å²) >= 11 is 38.3. The van der Waals surface area contributed by atoms with Crippen molar-refractivity contribution in [3.8, 4) is 28.7 Å². The molecule has 0 bridgehead atoms. The topological polar surface area (TPSA) is 106 Å². The highest BCUT2D eigenvalue weighted by Gasteiger charge is 2.14. The van der Waals surface area contributed by atoms with Crippen LogP contribution in [0.4, 0.5) is 32.8 Å². The number of thiocarbonyl (C=S) groups is 5. The van der Waals surface area contributed by atoms with Crippen molar-refractivity contribution in [2.24, 2.45) is 0 Å². The minimum atomic E-state index is -0.285. The van der Waals surface area contributed by atoms with Gasteiger partial charge in [0.2, 0.25) is 0 Å². The molecule has 0 aliphatic rings. The Morgan fingerprint density at radius 3 is 0.946 bits per heavy atom. The molecule has 0 aliphatic carbocycles. The van der Waals surface area contributed by atoms with Crippen LogP contribution < -0.4 is 50.3 Å². The molecule has 0 aliphatic heterocycles. The van der Waals surface area contributed by atoms with Gasteiger partial charge in [-0.3, -0.25) is 0 Å². The number of nitrogens with one attached hydrogen (secondary N) is 5. The van der Waals surface area contributed by atoms with Gasteiger partial charge in [0, 0.05) is 69.3 Å². The molecule has 584 valence electrons. The highest BCUT2D eigenvalue weighted by molar-refractivity contribution is 14.1. The van der Waals surface area contributed by atoms with Crippen molar-refractivity contribution in [1.82, 2.24) is 0 Å². The lowest BCUT2D eigenvalue weighted by Gasteiger charge is -2.15. The summed E-state index contributed by atoms with van der Waals surface area (Å²) in [5, 5.41) is 16.9. The molecule has 0 atom stereocenters. The number of hydrogen-bond donors (Lipinski definition) is 5. The molecule has 111 heavy (non-hydrogen) atoms. The normalized spacial score (nSPS) is 10.3. The summed E-state index contributed by atoms with van der Waals surface area (Å²) in [6, 6.07) is 59.6. The summed E-state index contributed by atoms with van der Waals surface area (Å²) in [4.78, 5) is 4.02. The second kappa shape index (κ2) is 47.4. The lowest BCUT2D eigenvalue weighted by atomic mass is 10.1. The van der Waals surface area contributed by atoms with E-state index in [-0.39, 0.29) is 12.4 Å². The molecule has 0 fully saturated rings. The first kappa shape index (κ1) is 91.7. The molecule has 0 saturated carbocycles. The lowest BCUT2D eigenvalue weighted by molar-refractivity contribution is 0.304. The van der Waals surface area contributed by atoms with Crippen molar-refractivity contribution < 1.29 is 28.1 Å². The fraction of sp³-hybridized carbons (Fsp3) is 0.272. The van der Waals surface area contributed by atoms with E-state index in [2.05, 4.69) is 199 Å². The lowest BCUT2D eigenvalue weighted by Crippen LogP contribution is -2.10. The van der Waals surface area contributed by atoms with Crippen LogP contribution in [-0.2, 0) is 33.0 Å². The van der Waals surface area contributed by atoms with Gasteiger partial charge in [0.25, 0.3) is 0 Å². The highest BCUT2D eigenvalue weighted by atomic mass is 127. The molecule has 10 aromatic carbocycles. The number of ether oxygens (including phenoxy) is 5. The Bertz CT molecular complexity index is 4390. The van der Waals surface area contributed by atoms with E-state index in [0.29, 0.717) is 31.5 Å².